The summed E-state index contributed by atoms with van der Waals surface area (Å²) in [5.41, 5.74) is 3.52. The fraction of sp³-hybridized carbons (Fsp3) is 0.0667. The van der Waals surface area contributed by atoms with Crippen molar-refractivity contribution in [3.05, 3.63) is 60.3 Å². The van der Waals surface area contributed by atoms with E-state index < -0.39 is 0 Å². The average Bonchev–Trinajstić information content (AvgIpc) is 3.02. The number of carbonyl (C=O) groups is 1. The zero-order valence-electron chi connectivity index (χ0n) is 11.4. The van der Waals surface area contributed by atoms with Crippen LogP contribution in [-0.2, 0) is 0 Å². The van der Waals surface area contributed by atoms with Crippen LogP contribution in [0, 0.1) is 6.92 Å². The van der Waals surface area contributed by atoms with Crippen LogP contribution in [0.25, 0.3) is 11.3 Å². The molecule has 2 heterocycles. The first-order chi connectivity index (χ1) is 10.2. The highest BCUT2D eigenvalue weighted by molar-refractivity contribution is 6.02. The fourth-order valence-electron chi connectivity index (χ4n) is 1.95. The topological polar surface area (TPSA) is 83.6 Å². The number of hydrogen-bond acceptors (Lipinski definition) is 4. The molecule has 1 aromatic carbocycles. The third kappa shape index (κ3) is 2.94. The largest absolute Gasteiger partial charge is 0.321 e. The average molecular weight is 279 g/mol. The third-order valence-electron chi connectivity index (χ3n) is 2.92. The molecule has 21 heavy (non-hydrogen) atoms. The number of H-pyrrole nitrogens is 1. The molecule has 0 saturated heterocycles. The number of benzene rings is 1. The molecule has 0 saturated carbocycles. The van der Waals surface area contributed by atoms with Crippen molar-refractivity contribution in [1.82, 2.24) is 20.2 Å². The van der Waals surface area contributed by atoms with Gasteiger partial charge >= 0.3 is 0 Å². The predicted octanol–water partition coefficient (Wildman–Crippen LogP) is 2.43. The maximum absolute atomic E-state index is 12.1. The van der Waals surface area contributed by atoms with Crippen molar-refractivity contribution < 1.29 is 4.79 Å². The minimum atomic E-state index is -0.284. The number of carbonyl (C=O) groups excluding carboxylic acids is 1. The van der Waals surface area contributed by atoms with E-state index in [0.717, 1.165) is 11.3 Å². The van der Waals surface area contributed by atoms with Crippen molar-refractivity contribution in [3.63, 3.8) is 0 Å². The van der Waals surface area contributed by atoms with E-state index in [1.165, 1.54) is 6.20 Å². The van der Waals surface area contributed by atoms with Gasteiger partial charge in [0.2, 0.25) is 0 Å². The van der Waals surface area contributed by atoms with Crippen LogP contribution >= 0.6 is 0 Å². The summed E-state index contributed by atoms with van der Waals surface area (Å²) in [5, 5.41) is 9.62. The zero-order valence-corrected chi connectivity index (χ0v) is 11.4. The van der Waals surface area contributed by atoms with E-state index >= 15 is 0 Å². The summed E-state index contributed by atoms with van der Waals surface area (Å²) in [6.45, 7) is 1.79. The van der Waals surface area contributed by atoms with Crippen LogP contribution in [-0.4, -0.2) is 26.1 Å². The Morgan fingerprint density at radius 3 is 2.90 bits per heavy atom. The van der Waals surface area contributed by atoms with Crippen molar-refractivity contribution in [1.29, 1.82) is 0 Å². The smallest absolute Gasteiger partial charge is 0.275 e. The highest BCUT2D eigenvalue weighted by Crippen LogP contribution is 2.20. The molecule has 0 aliphatic heterocycles. The van der Waals surface area contributed by atoms with Crippen LogP contribution in [0.2, 0.25) is 0 Å². The number of aromatic nitrogens is 4. The van der Waals surface area contributed by atoms with Crippen molar-refractivity contribution in [3.8, 4) is 11.3 Å². The van der Waals surface area contributed by atoms with Gasteiger partial charge < -0.3 is 5.32 Å². The second-order valence-corrected chi connectivity index (χ2v) is 4.55. The molecule has 3 rings (SSSR count). The molecule has 104 valence electrons. The molecule has 0 bridgehead atoms. The molecule has 0 unspecified atom stereocenters. The summed E-state index contributed by atoms with van der Waals surface area (Å²) in [5.74, 6) is -0.284. The van der Waals surface area contributed by atoms with Gasteiger partial charge in [-0.15, -0.1) is 0 Å². The molecule has 3 aromatic rings. The monoisotopic (exact) mass is 279 g/mol. The highest BCUT2D eigenvalue weighted by atomic mass is 16.1. The number of amides is 1. The molecular weight excluding hydrogens is 266 g/mol. The van der Waals surface area contributed by atoms with Gasteiger partial charge in [-0.3, -0.25) is 14.9 Å². The molecule has 0 spiro atoms. The minimum absolute atomic E-state index is 0.284. The molecule has 0 atom stereocenters. The van der Waals surface area contributed by atoms with Gasteiger partial charge in [-0.1, -0.05) is 12.1 Å². The summed E-state index contributed by atoms with van der Waals surface area (Å²) in [6, 6.07) is 9.37. The van der Waals surface area contributed by atoms with Gasteiger partial charge in [0.25, 0.3) is 5.91 Å². The van der Waals surface area contributed by atoms with Crippen LogP contribution in [0.5, 0.6) is 0 Å². The van der Waals surface area contributed by atoms with Gasteiger partial charge in [0.1, 0.15) is 5.69 Å². The number of anilines is 1. The Morgan fingerprint density at radius 1 is 1.24 bits per heavy atom. The van der Waals surface area contributed by atoms with Crippen molar-refractivity contribution in [2.75, 3.05) is 5.32 Å². The van der Waals surface area contributed by atoms with Crippen molar-refractivity contribution in [2.45, 2.75) is 6.92 Å². The van der Waals surface area contributed by atoms with Crippen molar-refractivity contribution in [2.24, 2.45) is 0 Å². The fourth-order valence-corrected chi connectivity index (χ4v) is 1.95. The van der Waals surface area contributed by atoms with Crippen LogP contribution in [0.1, 0.15) is 16.2 Å². The van der Waals surface area contributed by atoms with Gasteiger partial charge in [-0.2, -0.15) is 5.10 Å². The lowest BCUT2D eigenvalue weighted by molar-refractivity contribution is 0.102. The van der Waals surface area contributed by atoms with Gasteiger partial charge in [0.05, 0.1) is 17.6 Å². The first kappa shape index (κ1) is 13.0. The second kappa shape index (κ2) is 5.54. The molecule has 0 fully saturated rings. The molecule has 0 radical (unpaired) electrons. The van der Waals surface area contributed by atoms with E-state index in [0.29, 0.717) is 17.1 Å². The summed E-state index contributed by atoms with van der Waals surface area (Å²) in [4.78, 5) is 20.2. The lowest BCUT2D eigenvalue weighted by atomic mass is 10.1. The van der Waals surface area contributed by atoms with Gasteiger partial charge in [0.15, 0.2) is 0 Å². The Hall–Kier alpha value is -3.02. The number of nitrogens with one attached hydrogen (secondary N) is 2. The number of hydrogen-bond donors (Lipinski definition) is 2. The molecular formula is C15H13N5O. The minimum Gasteiger partial charge on any atom is -0.321 e. The van der Waals surface area contributed by atoms with E-state index in [9.17, 15) is 4.79 Å². The maximum Gasteiger partial charge on any atom is 0.275 e. The number of aryl methyl sites for hydroxylation is 1. The van der Waals surface area contributed by atoms with Crippen LogP contribution in [0.3, 0.4) is 0 Å². The summed E-state index contributed by atoms with van der Waals surface area (Å²) in [6.07, 6.45) is 4.74. The van der Waals surface area contributed by atoms with Crippen LogP contribution < -0.4 is 5.32 Å². The summed E-state index contributed by atoms with van der Waals surface area (Å²) < 4.78 is 0. The Morgan fingerprint density at radius 2 is 2.14 bits per heavy atom. The third-order valence-corrected chi connectivity index (χ3v) is 2.92. The zero-order chi connectivity index (χ0) is 14.7. The lowest BCUT2D eigenvalue weighted by Gasteiger charge is -2.06. The number of rotatable bonds is 3. The number of nitrogens with zero attached hydrogens (tertiary/aromatic N) is 3. The Kier molecular flexibility index (Phi) is 3.42. The van der Waals surface area contributed by atoms with Gasteiger partial charge in [0, 0.05) is 23.6 Å². The van der Waals surface area contributed by atoms with Gasteiger partial charge in [-0.25, -0.2) is 4.98 Å². The normalized spacial score (nSPS) is 10.3. The first-order valence-electron chi connectivity index (χ1n) is 6.42. The SMILES string of the molecule is Cc1cncc(C(=O)Nc2cccc(-c3ccn[nH]3)c2)n1. The molecule has 2 N–H and O–H groups in total. The Bertz CT molecular complexity index is 767. The molecule has 0 aliphatic carbocycles. The van der Waals surface area contributed by atoms with E-state index in [-0.39, 0.29) is 5.91 Å². The van der Waals surface area contributed by atoms with Gasteiger partial charge in [-0.05, 0) is 25.1 Å². The van der Waals surface area contributed by atoms with E-state index in [1.54, 1.807) is 19.3 Å². The molecule has 2 aromatic heterocycles. The predicted molar refractivity (Wildman–Crippen MR) is 78.7 cm³/mol. The molecule has 6 heteroatoms. The standard InChI is InChI=1S/C15H13N5O/c1-10-8-16-9-14(18-10)15(21)19-12-4-2-3-11(7-12)13-5-6-17-20-13/h2-9H,1H3,(H,17,20)(H,19,21). The highest BCUT2D eigenvalue weighted by Gasteiger charge is 2.09. The molecule has 0 aliphatic rings. The quantitative estimate of drug-likeness (QED) is 0.771. The lowest BCUT2D eigenvalue weighted by Crippen LogP contribution is -2.14. The Balaban J connectivity index is 1.82. The molecule has 1 amide bonds. The number of aromatic amines is 1. The van der Waals surface area contributed by atoms with E-state index in [1.807, 2.05) is 30.3 Å². The van der Waals surface area contributed by atoms with E-state index in [2.05, 4.69) is 25.5 Å². The second-order valence-electron chi connectivity index (χ2n) is 4.55. The van der Waals surface area contributed by atoms with E-state index in [4.69, 9.17) is 0 Å². The van der Waals surface area contributed by atoms with Crippen LogP contribution in [0.4, 0.5) is 5.69 Å². The van der Waals surface area contributed by atoms with Crippen LogP contribution in [0.15, 0.2) is 48.9 Å². The first-order valence-corrected chi connectivity index (χ1v) is 6.42. The maximum atomic E-state index is 12.1. The van der Waals surface area contributed by atoms with Crippen molar-refractivity contribution >= 4 is 11.6 Å². The summed E-state index contributed by atoms with van der Waals surface area (Å²) in [7, 11) is 0. The Labute approximate surface area is 121 Å². The summed E-state index contributed by atoms with van der Waals surface area (Å²) >= 11 is 0. The molecule has 6 nitrogen and oxygen atoms in total.